The van der Waals surface area contributed by atoms with Gasteiger partial charge in [-0.2, -0.15) is 0 Å². The van der Waals surface area contributed by atoms with Gasteiger partial charge in [-0.05, 0) is 92.6 Å². The van der Waals surface area contributed by atoms with Gasteiger partial charge in [0.15, 0.2) is 0 Å². The minimum Gasteiger partial charge on any atom is -0.352 e. The number of hydrogen-bond donors (Lipinski definition) is 1. The summed E-state index contributed by atoms with van der Waals surface area (Å²) in [5.74, 6) is -0.667. The van der Waals surface area contributed by atoms with Gasteiger partial charge in [0.2, 0.25) is 11.8 Å². The Morgan fingerprint density at radius 2 is 1.40 bits per heavy atom. The third-order valence-electron chi connectivity index (χ3n) is 9.21. The molecule has 1 saturated carbocycles. The molecule has 0 radical (unpaired) electrons. The molecule has 2 amide bonds. The summed E-state index contributed by atoms with van der Waals surface area (Å²) < 4.78 is 29.9. The van der Waals surface area contributed by atoms with E-state index in [1.165, 1.54) is 4.31 Å². The molecule has 1 unspecified atom stereocenters. The second-order valence-electron chi connectivity index (χ2n) is 13.2. The average molecular weight is 666 g/mol. The third kappa shape index (κ3) is 8.72. The Labute approximate surface area is 286 Å². The summed E-state index contributed by atoms with van der Waals surface area (Å²) >= 11 is 0. The summed E-state index contributed by atoms with van der Waals surface area (Å²) in [5.41, 5.74) is 5.90. The minimum atomic E-state index is -4.16. The number of aryl methyl sites for hydroxylation is 4. The first-order valence-corrected chi connectivity index (χ1v) is 18.3. The second-order valence-corrected chi connectivity index (χ2v) is 15.0. The highest BCUT2D eigenvalue weighted by atomic mass is 32.2. The van der Waals surface area contributed by atoms with Crippen LogP contribution in [0.4, 0.5) is 5.69 Å². The lowest BCUT2D eigenvalue weighted by Gasteiger charge is -2.35. The van der Waals surface area contributed by atoms with Gasteiger partial charge >= 0.3 is 0 Å². The van der Waals surface area contributed by atoms with Crippen molar-refractivity contribution >= 4 is 27.5 Å². The van der Waals surface area contributed by atoms with Crippen molar-refractivity contribution in [2.75, 3.05) is 10.8 Å². The van der Waals surface area contributed by atoms with Gasteiger partial charge in [0.05, 0.1) is 10.6 Å². The quantitative estimate of drug-likeness (QED) is 0.173. The van der Waals surface area contributed by atoms with E-state index in [-0.39, 0.29) is 23.4 Å². The van der Waals surface area contributed by atoms with Crippen LogP contribution in [-0.2, 0) is 32.6 Å². The summed E-state index contributed by atoms with van der Waals surface area (Å²) in [6.07, 6.45) is 5.38. The van der Waals surface area contributed by atoms with E-state index in [0.717, 1.165) is 65.5 Å². The lowest BCUT2D eigenvalue weighted by Crippen LogP contribution is -2.55. The Morgan fingerprint density at radius 3 is 2.04 bits per heavy atom. The number of amides is 2. The number of carbonyl (C=O) groups is 2. The fourth-order valence-corrected chi connectivity index (χ4v) is 7.93. The van der Waals surface area contributed by atoms with Gasteiger partial charge in [-0.15, -0.1) is 0 Å². The molecule has 252 valence electrons. The fourth-order valence-electron chi connectivity index (χ4n) is 6.53. The maximum Gasteiger partial charge on any atom is 0.264 e. The largest absolute Gasteiger partial charge is 0.352 e. The van der Waals surface area contributed by atoms with Crippen LogP contribution in [0.5, 0.6) is 0 Å². The third-order valence-corrected chi connectivity index (χ3v) is 11.0. The molecule has 1 aliphatic rings. The summed E-state index contributed by atoms with van der Waals surface area (Å²) in [5, 5.41) is 3.27. The van der Waals surface area contributed by atoms with Gasteiger partial charge < -0.3 is 10.2 Å². The first-order chi connectivity index (χ1) is 23.0. The molecule has 0 aromatic heterocycles. The number of nitrogens with zero attached hydrogens (tertiary/aromatic N) is 2. The zero-order valence-corrected chi connectivity index (χ0v) is 29.3. The molecule has 1 fully saturated rings. The highest BCUT2D eigenvalue weighted by Crippen LogP contribution is 2.28. The molecule has 0 aliphatic heterocycles. The van der Waals surface area contributed by atoms with Crippen LogP contribution < -0.4 is 9.62 Å². The fraction of sp³-hybridized carbons (Fsp3) is 0.350. The molecular formula is C40H47N3O4S. The molecule has 1 atom stereocenters. The van der Waals surface area contributed by atoms with Crippen LogP contribution in [0.1, 0.15) is 65.5 Å². The van der Waals surface area contributed by atoms with Crippen molar-refractivity contribution in [2.24, 2.45) is 0 Å². The van der Waals surface area contributed by atoms with Crippen molar-refractivity contribution in [3.8, 4) is 0 Å². The molecule has 0 heterocycles. The van der Waals surface area contributed by atoms with Crippen molar-refractivity contribution in [3.05, 3.63) is 130 Å². The molecule has 0 spiro atoms. The van der Waals surface area contributed by atoms with E-state index in [0.29, 0.717) is 12.1 Å². The Bertz CT molecular complexity index is 1800. The van der Waals surface area contributed by atoms with Crippen LogP contribution in [-0.4, -0.2) is 43.8 Å². The predicted molar refractivity (Wildman–Crippen MR) is 192 cm³/mol. The first-order valence-electron chi connectivity index (χ1n) is 16.9. The molecule has 4 aromatic carbocycles. The number of carbonyl (C=O) groups excluding carboxylic acids is 2. The van der Waals surface area contributed by atoms with Gasteiger partial charge in [-0.3, -0.25) is 13.9 Å². The number of anilines is 1. The molecule has 7 nitrogen and oxygen atoms in total. The topological polar surface area (TPSA) is 86.8 Å². The van der Waals surface area contributed by atoms with Gasteiger partial charge in [-0.1, -0.05) is 97.6 Å². The summed E-state index contributed by atoms with van der Waals surface area (Å²) in [6.45, 7) is 7.39. The van der Waals surface area contributed by atoms with Crippen LogP contribution in [0.25, 0.3) is 0 Å². The Hall–Kier alpha value is -4.43. The monoisotopic (exact) mass is 665 g/mol. The summed E-state index contributed by atoms with van der Waals surface area (Å²) in [6, 6.07) is 28.9. The van der Waals surface area contributed by atoms with Crippen molar-refractivity contribution in [2.45, 2.75) is 89.7 Å². The number of hydrogen-bond acceptors (Lipinski definition) is 4. The zero-order valence-electron chi connectivity index (χ0n) is 28.5. The Morgan fingerprint density at radius 1 is 0.771 bits per heavy atom. The van der Waals surface area contributed by atoms with Gasteiger partial charge in [-0.25, -0.2) is 8.42 Å². The van der Waals surface area contributed by atoms with Gasteiger partial charge in [0.1, 0.15) is 12.6 Å². The van der Waals surface area contributed by atoms with E-state index < -0.39 is 28.5 Å². The maximum absolute atomic E-state index is 14.8. The smallest absolute Gasteiger partial charge is 0.264 e. The van der Waals surface area contributed by atoms with Crippen molar-refractivity contribution in [1.82, 2.24) is 10.2 Å². The van der Waals surface area contributed by atoms with Crippen LogP contribution in [0.2, 0.25) is 0 Å². The molecule has 0 saturated heterocycles. The Balaban J connectivity index is 1.59. The predicted octanol–water partition coefficient (Wildman–Crippen LogP) is 7.20. The molecule has 0 bridgehead atoms. The lowest BCUT2D eigenvalue weighted by atomic mass is 9.94. The molecule has 4 aromatic rings. The number of rotatable bonds is 12. The highest BCUT2D eigenvalue weighted by molar-refractivity contribution is 7.92. The van der Waals surface area contributed by atoms with Crippen molar-refractivity contribution in [1.29, 1.82) is 0 Å². The minimum absolute atomic E-state index is 0.0496. The van der Waals surface area contributed by atoms with Crippen LogP contribution in [0, 0.1) is 27.7 Å². The normalized spacial score (nSPS) is 14.2. The molecular weight excluding hydrogens is 619 g/mol. The molecule has 8 heteroatoms. The number of sulfonamides is 1. The van der Waals surface area contributed by atoms with Crippen molar-refractivity contribution < 1.29 is 18.0 Å². The zero-order chi connectivity index (χ0) is 34.3. The van der Waals surface area contributed by atoms with Crippen molar-refractivity contribution in [3.63, 3.8) is 0 Å². The van der Waals surface area contributed by atoms with E-state index in [4.69, 9.17) is 0 Å². The standard InChI is InChI=1S/C40H47N3O4S/c1-29-19-21-37(22-20-29)48(46,47)43(36-24-30(2)23-31(3)25-36)28-39(44)42(27-34-16-12-11-13-32(34)4)38(26-33-14-7-5-8-15-33)40(45)41-35-17-9-6-10-18-35/h5,7-8,11-16,19-25,35,38H,6,9-10,17-18,26-28H2,1-4H3,(H,41,45). The Kier molecular flexibility index (Phi) is 11.4. The van der Waals surface area contributed by atoms with Crippen LogP contribution in [0.3, 0.4) is 0 Å². The molecule has 1 N–H and O–H groups in total. The molecule has 5 rings (SSSR count). The highest BCUT2D eigenvalue weighted by Gasteiger charge is 2.35. The number of benzene rings is 4. The van der Waals surface area contributed by atoms with Crippen LogP contribution in [0.15, 0.2) is 102 Å². The van der Waals surface area contributed by atoms with E-state index in [9.17, 15) is 18.0 Å². The summed E-state index contributed by atoms with van der Waals surface area (Å²) in [4.78, 5) is 30.8. The first kappa shape index (κ1) is 34.9. The summed E-state index contributed by atoms with van der Waals surface area (Å²) in [7, 11) is -4.16. The maximum atomic E-state index is 14.8. The van der Waals surface area contributed by atoms with E-state index in [1.54, 1.807) is 41.3 Å². The van der Waals surface area contributed by atoms with E-state index in [2.05, 4.69) is 5.32 Å². The molecule has 1 aliphatic carbocycles. The lowest BCUT2D eigenvalue weighted by molar-refractivity contribution is -0.140. The molecule has 48 heavy (non-hydrogen) atoms. The average Bonchev–Trinajstić information content (AvgIpc) is 3.06. The van der Waals surface area contributed by atoms with E-state index >= 15 is 0 Å². The number of nitrogens with one attached hydrogen (secondary N) is 1. The second kappa shape index (κ2) is 15.6. The van der Waals surface area contributed by atoms with Gasteiger partial charge in [0, 0.05) is 19.0 Å². The van der Waals surface area contributed by atoms with E-state index in [1.807, 2.05) is 88.4 Å². The SMILES string of the molecule is Cc1ccc(S(=O)(=O)N(CC(=O)N(Cc2ccccc2C)C(Cc2ccccc2)C(=O)NC2CCCCC2)c2cc(C)cc(C)c2)cc1. The van der Waals surface area contributed by atoms with Gasteiger partial charge in [0.25, 0.3) is 10.0 Å². The van der Waals surface area contributed by atoms with Crippen LogP contribution >= 0.6 is 0 Å².